The van der Waals surface area contributed by atoms with Crippen molar-refractivity contribution >= 4 is 17.0 Å². The zero-order chi connectivity index (χ0) is 17.9. The number of pyridine rings is 1. The molecule has 0 amide bonds. The molecule has 2 aromatic heterocycles. The molecule has 0 unspecified atom stereocenters. The minimum absolute atomic E-state index is 0.0418. The van der Waals surface area contributed by atoms with Crippen molar-refractivity contribution < 1.29 is 0 Å². The Morgan fingerprint density at radius 2 is 1.88 bits per heavy atom. The molecule has 0 atom stereocenters. The molecule has 1 aliphatic rings. The van der Waals surface area contributed by atoms with Crippen LogP contribution >= 0.6 is 0 Å². The Morgan fingerprint density at radius 1 is 1.08 bits per heavy atom. The highest BCUT2D eigenvalue weighted by Gasteiger charge is 2.14. The van der Waals surface area contributed by atoms with Gasteiger partial charge in [0.25, 0.3) is 5.56 Å². The average molecular weight is 348 g/mol. The largest absolute Gasteiger partial charge is 0.378 e. The van der Waals surface area contributed by atoms with Gasteiger partial charge in [-0.05, 0) is 49.9 Å². The first-order valence-electron chi connectivity index (χ1n) is 9.27. The maximum Gasteiger partial charge on any atom is 0.258 e. The Balaban J connectivity index is 1.57. The first-order chi connectivity index (χ1) is 12.7. The minimum atomic E-state index is -0.0418. The second-order valence-electron chi connectivity index (χ2n) is 6.94. The summed E-state index contributed by atoms with van der Waals surface area (Å²) in [6, 6.07) is 13.9. The van der Waals surface area contributed by atoms with Gasteiger partial charge in [0.15, 0.2) is 0 Å². The van der Waals surface area contributed by atoms with Gasteiger partial charge in [-0.1, -0.05) is 18.2 Å². The molecule has 1 saturated heterocycles. The predicted molar refractivity (Wildman–Crippen MR) is 106 cm³/mol. The Bertz CT molecular complexity index is 973. The summed E-state index contributed by atoms with van der Waals surface area (Å²) in [4.78, 5) is 19.4. The Morgan fingerprint density at radius 3 is 2.73 bits per heavy atom. The number of fused-ring (bicyclic) bond motifs is 1. The summed E-state index contributed by atoms with van der Waals surface area (Å²) >= 11 is 0. The number of aryl methyl sites for hydroxylation is 1. The minimum Gasteiger partial charge on any atom is -0.378 e. The van der Waals surface area contributed by atoms with Gasteiger partial charge in [0.1, 0.15) is 5.65 Å². The van der Waals surface area contributed by atoms with Crippen LogP contribution < -0.4 is 15.8 Å². The highest BCUT2D eigenvalue weighted by molar-refractivity contribution is 5.70. The molecule has 0 spiro atoms. The fourth-order valence-electron chi connectivity index (χ4n) is 3.57. The summed E-state index contributed by atoms with van der Waals surface area (Å²) in [5, 5.41) is 3.48. The van der Waals surface area contributed by atoms with E-state index >= 15 is 0 Å². The summed E-state index contributed by atoms with van der Waals surface area (Å²) < 4.78 is 1.60. The SMILES string of the molecule is Cc1ccc2nc(CNc3ccccc3N3CCCCC3)cc(=O)n2c1. The summed E-state index contributed by atoms with van der Waals surface area (Å²) in [7, 11) is 0. The van der Waals surface area contributed by atoms with E-state index in [1.54, 1.807) is 10.5 Å². The van der Waals surface area contributed by atoms with Crippen LogP contribution in [0.15, 0.2) is 53.5 Å². The molecule has 26 heavy (non-hydrogen) atoms. The molecule has 1 aliphatic heterocycles. The molecule has 5 nitrogen and oxygen atoms in total. The van der Waals surface area contributed by atoms with Crippen LogP contribution in [0.2, 0.25) is 0 Å². The molecule has 0 bridgehead atoms. The smallest absolute Gasteiger partial charge is 0.258 e. The molecule has 5 heteroatoms. The highest BCUT2D eigenvalue weighted by atomic mass is 16.1. The zero-order valence-electron chi connectivity index (χ0n) is 15.1. The third kappa shape index (κ3) is 3.43. The van der Waals surface area contributed by atoms with E-state index in [2.05, 4.69) is 33.4 Å². The number of hydrogen-bond acceptors (Lipinski definition) is 4. The summed E-state index contributed by atoms with van der Waals surface area (Å²) in [6.07, 6.45) is 5.64. The van der Waals surface area contributed by atoms with Crippen LogP contribution in [0, 0.1) is 6.92 Å². The van der Waals surface area contributed by atoms with Crippen LogP contribution in [0.1, 0.15) is 30.5 Å². The van der Waals surface area contributed by atoms with Gasteiger partial charge in [0.2, 0.25) is 0 Å². The fourth-order valence-corrected chi connectivity index (χ4v) is 3.57. The van der Waals surface area contributed by atoms with E-state index in [-0.39, 0.29) is 5.56 Å². The Hall–Kier alpha value is -2.82. The van der Waals surface area contributed by atoms with Gasteiger partial charge >= 0.3 is 0 Å². The molecule has 1 N–H and O–H groups in total. The van der Waals surface area contributed by atoms with E-state index in [9.17, 15) is 4.79 Å². The lowest BCUT2D eigenvalue weighted by Gasteiger charge is -2.30. The maximum absolute atomic E-state index is 12.4. The van der Waals surface area contributed by atoms with Crippen molar-refractivity contribution in [1.29, 1.82) is 0 Å². The summed E-state index contributed by atoms with van der Waals surface area (Å²) in [5.41, 5.74) is 4.78. The normalized spacial score (nSPS) is 14.6. The molecule has 1 fully saturated rings. The second kappa shape index (κ2) is 7.20. The number of piperidine rings is 1. The number of nitrogens with one attached hydrogen (secondary N) is 1. The number of aromatic nitrogens is 2. The maximum atomic E-state index is 12.4. The van der Waals surface area contributed by atoms with Crippen LogP contribution in [0.25, 0.3) is 5.65 Å². The van der Waals surface area contributed by atoms with E-state index in [1.165, 1.54) is 24.9 Å². The lowest BCUT2D eigenvalue weighted by atomic mass is 10.1. The van der Waals surface area contributed by atoms with Crippen molar-refractivity contribution in [2.45, 2.75) is 32.7 Å². The van der Waals surface area contributed by atoms with Crippen molar-refractivity contribution in [3.63, 3.8) is 0 Å². The molecule has 3 aromatic rings. The van der Waals surface area contributed by atoms with Crippen molar-refractivity contribution in [1.82, 2.24) is 9.38 Å². The number of benzene rings is 1. The van der Waals surface area contributed by atoms with E-state index in [0.29, 0.717) is 12.2 Å². The van der Waals surface area contributed by atoms with E-state index < -0.39 is 0 Å². The fraction of sp³-hybridized carbons (Fsp3) is 0.333. The van der Waals surface area contributed by atoms with Crippen molar-refractivity contribution in [2.75, 3.05) is 23.3 Å². The molecule has 0 radical (unpaired) electrons. The molecule has 4 rings (SSSR count). The van der Waals surface area contributed by atoms with Crippen LogP contribution in [-0.4, -0.2) is 22.5 Å². The lowest BCUT2D eigenvalue weighted by molar-refractivity contribution is 0.578. The summed E-state index contributed by atoms with van der Waals surface area (Å²) in [6.45, 7) is 4.71. The Kier molecular flexibility index (Phi) is 4.61. The second-order valence-corrected chi connectivity index (χ2v) is 6.94. The number of hydrogen-bond donors (Lipinski definition) is 1. The number of rotatable bonds is 4. The molecule has 1 aromatic carbocycles. The first-order valence-corrected chi connectivity index (χ1v) is 9.27. The van der Waals surface area contributed by atoms with Crippen LogP contribution in [0.5, 0.6) is 0 Å². The van der Waals surface area contributed by atoms with Gasteiger partial charge in [0.05, 0.1) is 23.6 Å². The quantitative estimate of drug-likeness (QED) is 0.783. The Labute approximate surface area is 153 Å². The van der Waals surface area contributed by atoms with Crippen LogP contribution in [-0.2, 0) is 6.54 Å². The monoisotopic (exact) mass is 348 g/mol. The predicted octanol–water partition coefficient (Wildman–Crippen LogP) is 3.61. The zero-order valence-corrected chi connectivity index (χ0v) is 15.1. The number of para-hydroxylation sites is 2. The van der Waals surface area contributed by atoms with Crippen molar-refractivity contribution in [2.24, 2.45) is 0 Å². The number of nitrogens with zero attached hydrogens (tertiary/aromatic N) is 3. The van der Waals surface area contributed by atoms with Gasteiger partial charge < -0.3 is 10.2 Å². The highest BCUT2D eigenvalue weighted by Crippen LogP contribution is 2.28. The standard InChI is InChI=1S/C21H24N4O/c1-16-9-10-20-23-17(13-21(26)25(20)15-16)14-22-18-7-3-4-8-19(18)24-11-5-2-6-12-24/h3-4,7-10,13,15,22H,2,5-6,11-12,14H2,1H3. The van der Waals surface area contributed by atoms with E-state index in [1.807, 2.05) is 31.3 Å². The summed E-state index contributed by atoms with van der Waals surface area (Å²) in [5.74, 6) is 0. The topological polar surface area (TPSA) is 49.6 Å². The van der Waals surface area contributed by atoms with Gasteiger partial charge in [-0.2, -0.15) is 0 Å². The van der Waals surface area contributed by atoms with Crippen LogP contribution in [0.4, 0.5) is 11.4 Å². The van der Waals surface area contributed by atoms with Gasteiger partial charge in [-0.25, -0.2) is 4.98 Å². The molecule has 3 heterocycles. The molecule has 0 saturated carbocycles. The lowest BCUT2D eigenvalue weighted by Crippen LogP contribution is -2.30. The van der Waals surface area contributed by atoms with E-state index in [4.69, 9.17) is 0 Å². The van der Waals surface area contributed by atoms with Gasteiger partial charge in [-0.3, -0.25) is 9.20 Å². The van der Waals surface area contributed by atoms with Gasteiger partial charge in [-0.15, -0.1) is 0 Å². The third-order valence-corrected chi connectivity index (χ3v) is 4.92. The first kappa shape index (κ1) is 16.6. The molecular formula is C21H24N4O. The number of anilines is 2. The van der Waals surface area contributed by atoms with Crippen molar-refractivity contribution in [3.8, 4) is 0 Å². The van der Waals surface area contributed by atoms with Crippen LogP contribution in [0.3, 0.4) is 0 Å². The van der Waals surface area contributed by atoms with E-state index in [0.717, 1.165) is 30.0 Å². The van der Waals surface area contributed by atoms with Crippen molar-refractivity contribution in [3.05, 3.63) is 70.3 Å². The molecule has 0 aliphatic carbocycles. The molecular weight excluding hydrogens is 324 g/mol. The third-order valence-electron chi connectivity index (χ3n) is 4.92. The van der Waals surface area contributed by atoms with Gasteiger partial charge in [0, 0.05) is 25.4 Å². The molecule has 134 valence electrons. The average Bonchev–Trinajstić information content (AvgIpc) is 2.68.